The third-order valence-corrected chi connectivity index (χ3v) is 2.80. The maximum absolute atomic E-state index is 10.2. The number of methoxy groups -OCH3 is 2. The van der Waals surface area contributed by atoms with Crippen LogP contribution < -0.4 is 9.47 Å². The smallest absolute Gasteiger partial charge is 0.167 e. The van der Waals surface area contributed by atoms with Crippen molar-refractivity contribution < 1.29 is 14.6 Å². The zero-order valence-corrected chi connectivity index (χ0v) is 10.8. The molecular weight excluding hydrogens is 204 g/mol. The maximum Gasteiger partial charge on any atom is 0.167 e. The topological polar surface area (TPSA) is 38.7 Å². The molecule has 0 aromatic heterocycles. The van der Waals surface area contributed by atoms with Crippen molar-refractivity contribution in [3.05, 3.63) is 22.8 Å². The summed E-state index contributed by atoms with van der Waals surface area (Å²) in [5.74, 6) is 1.26. The number of ether oxygens (including phenoxy) is 2. The summed E-state index contributed by atoms with van der Waals surface area (Å²) >= 11 is 0. The Morgan fingerprint density at radius 1 is 1.12 bits per heavy atom. The van der Waals surface area contributed by atoms with E-state index < -0.39 is 5.60 Å². The molecule has 0 heterocycles. The Morgan fingerprint density at radius 3 is 2.06 bits per heavy atom. The molecule has 0 radical (unpaired) electrons. The first-order valence-corrected chi connectivity index (χ1v) is 5.28. The molecule has 0 amide bonds. The normalized spacial score (nSPS) is 11.4. The van der Waals surface area contributed by atoms with E-state index in [1.54, 1.807) is 28.1 Å². The number of aliphatic hydroxyl groups is 1. The second-order valence-corrected chi connectivity index (χ2v) is 4.49. The fraction of sp³-hybridized carbons (Fsp3) is 0.538. The van der Waals surface area contributed by atoms with Crippen molar-refractivity contribution in [3.8, 4) is 11.5 Å². The first-order valence-electron chi connectivity index (χ1n) is 5.28. The molecule has 0 unspecified atom stereocenters. The molecule has 0 bridgehead atoms. The molecule has 1 aromatic rings. The molecule has 3 heteroatoms. The summed E-state index contributed by atoms with van der Waals surface area (Å²) < 4.78 is 10.6. The van der Waals surface area contributed by atoms with Crippen molar-refractivity contribution >= 4 is 0 Å². The monoisotopic (exact) mass is 224 g/mol. The molecule has 0 aliphatic rings. The third kappa shape index (κ3) is 2.14. The van der Waals surface area contributed by atoms with Gasteiger partial charge in [-0.2, -0.15) is 0 Å². The predicted molar refractivity (Wildman–Crippen MR) is 64.3 cm³/mol. The van der Waals surface area contributed by atoms with E-state index in [2.05, 4.69) is 0 Å². The van der Waals surface area contributed by atoms with Gasteiger partial charge in [0.25, 0.3) is 0 Å². The summed E-state index contributed by atoms with van der Waals surface area (Å²) in [7, 11) is 3.18. The Kier molecular flexibility index (Phi) is 3.48. The molecule has 90 valence electrons. The van der Waals surface area contributed by atoms with Crippen LogP contribution in [0.15, 0.2) is 6.07 Å². The molecule has 0 atom stereocenters. The first kappa shape index (κ1) is 12.8. The summed E-state index contributed by atoms with van der Waals surface area (Å²) in [5, 5.41) is 10.2. The van der Waals surface area contributed by atoms with Gasteiger partial charge < -0.3 is 14.6 Å². The van der Waals surface area contributed by atoms with Gasteiger partial charge in [0.1, 0.15) is 0 Å². The van der Waals surface area contributed by atoms with Gasteiger partial charge in [-0.05, 0) is 44.9 Å². The van der Waals surface area contributed by atoms with E-state index in [-0.39, 0.29) is 0 Å². The Bertz CT molecular complexity index is 389. The lowest BCUT2D eigenvalue weighted by molar-refractivity contribution is 0.0743. The van der Waals surface area contributed by atoms with Crippen molar-refractivity contribution in [3.63, 3.8) is 0 Å². The van der Waals surface area contributed by atoms with Crippen molar-refractivity contribution in [2.75, 3.05) is 14.2 Å². The third-order valence-electron chi connectivity index (χ3n) is 2.80. The zero-order chi connectivity index (χ0) is 12.5. The minimum absolute atomic E-state index is 0.609. The standard InChI is InChI=1S/C13H20O3/c1-8-7-10(15-5)12(16-6)11(9(8)2)13(3,4)14/h7,14H,1-6H3. The van der Waals surface area contributed by atoms with Crippen LogP contribution in [0.1, 0.15) is 30.5 Å². The highest BCUT2D eigenvalue weighted by atomic mass is 16.5. The lowest BCUT2D eigenvalue weighted by Crippen LogP contribution is -2.19. The molecule has 3 nitrogen and oxygen atoms in total. The minimum atomic E-state index is -0.950. The van der Waals surface area contributed by atoms with Crippen LogP contribution in [0, 0.1) is 13.8 Å². The molecule has 1 rings (SSSR count). The van der Waals surface area contributed by atoms with Crippen LogP contribution in [0.5, 0.6) is 11.5 Å². The summed E-state index contributed by atoms with van der Waals surface area (Å²) in [6.45, 7) is 7.46. The van der Waals surface area contributed by atoms with E-state index >= 15 is 0 Å². The number of rotatable bonds is 3. The lowest BCUT2D eigenvalue weighted by Gasteiger charge is -2.25. The van der Waals surface area contributed by atoms with Crippen LogP contribution in [0.25, 0.3) is 0 Å². The summed E-state index contributed by atoms with van der Waals surface area (Å²) in [6, 6.07) is 1.92. The Morgan fingerprint density at radius 2 is 1.69 bits per heavy atom. The van der Waals surface area contributed by atoms with E-state index in [9.17, 15) is 5.11 Å². The highest BCUT2D eigenvalue weighted by molar-refractivity contribution is 5.55. The molecule has 1 N–H and O–H groups in total. The predicted octanol–water partition coefficient (Wildman–Crippen LogP) is 2.55. The van der Waals surface area contributed by atoms with Gasteiger partial charge in [-0.25, -0.2) is 0 Å². The van der Waals surface area contributed by atoms with Crippen LogP contribution in [0.2, 0.25) is 0 Å². The summed E-state index contributed by atoms with van der Waals surface area (Å²) in [5.41, 5.74) is 1.95. The molecule has 0 spiro atoms. The summed E-state index contributed by atoms with van der Waals surface area (Å²) in [6.07, 6.45) is 0. The van der Waals surface area contributed by atoms with Gasteiger partial charge in [-0.1, -0.05) is 0 Å². The van der Waals surface area contributed by atoms with Gasteiger partial charge in [-0.3, -0.25) is 0 Å². The Hall–Kier alpha value is -1.22. The second kappa shape index (κ2) is 4.34. The number of benzene rings is 1. The molecule has 0 saturated carbocycles. The first-order chi connectivity index (χ1) is 7.32. The van der Waals surface area contributed by atoms with E-state index in [1.165, 1.54) is 0 Å². The molecule has 0 aliphatic heterocycles. The SMILES string of the molecule is COc1cc(C)c(C)c(C(C)(C)O)c1OC. The van der Waals surface area contributed by atoms with Gasteiger partial charge in [0, 0.05) is 5.56 Å². The Balaban J connectivity index is 3.60. The minimum Gasteiger partial charge on any atom is -0.493 e. The molecule has 0 fully saturated rings. The molecular formula is C13H20O3. The Labute approximate surface area is 97.0 Å². The number of aryl methyl sites for hydroxylation is 1. The average Bonchev–Trinajstić information content (AvgIpc) is 2.19. The largest absolute Gasteiger partial charge is 0.493 e. The van der Waals surface area contributed by atoms with Crippen LogP contribution in [0.4, 0.5) is 0 Å². The molecule has 0 saturated heterocycles. The highest BCUT2D eigenvalue weighted by Gasteiger charge is 2.27. The van der Waals surface area contributed by atoms with Gasteiger partial charge >= 0.3 is 0 Å². The quantitative estimate of drug-likeness (QED) is 0.857. The van der Waals surface area contributed by atoms with Gasteiger partial charge in [-0.15, -0.1) is 0 Å². The number of hydrogen-bond acceptors (Lipinski definition) is 3. The van der Waals surface area contributed by atoms with Gasteiger partial charge in [0.2, 0.25) is 0 Å². The lowest BCUT2D eigenvalue weighted by atomic mass is 9.90. The average molecular weight is 224 g/mol. The fourth-order valence-electron chi connectivity index (χ4n) is 1.95. The van der Waals surface area contributed by atoms with Crippen LogP contribution in [-0.2, 0) is 5.60 Å². The summed E-state index contributed by atoms with van der Waals surface area (Å²) in [4.78, 5) is 0. The highest BCUT2D eigenvalue weighted by Crippen LogP contribution is 2.41. The van der Waals surface area contributed by atoms with Crippen LogP contribution in [0.3, 0.4) is 0 Å². The molecule has 16 heavy (non-hydrogen) atoms. The van der Waals surface area contributed by atoms with Crippen molar-refractivity contribution in [1.82, 2.24) is 0 Å². The molecule has 0 aliphatic carbocycles. The van der Waals surface area contributed by atoms with Crippen LogP contribution >= 0.6 is 0 Å². The van der Waals surface area contributed by atoms with E-state index in [0.717, 1.165) is 16.7 Å². The van der Waals surface area contributed by atoms with Gasteiger partial charge in [0.05, 0.1) is 19.8 Å². The van der Waals surface area contributed by atoms with E-state index in [4.69, 9.17) is 9.47 Å². The maximum atomic E-state index is 10.2. The second-order valence-electron chi connectivity index (χ2n) is 4.49. The molecule has 1 aromatic carbocycles. The van der Waals surface area contributed by atoms with Gasteiger partial charge in [0.15, 0.2) is 11.5 Å². The van der Waals surface area contributed by atoms with E-state index in [1.807, 2.05) is 19.9 Å². The van der Waals surface area contributed by atoms with Crippen LogP contribution in [-0.4, -0.2) is 19.3 Å². The number of hydrogen-bond donors (Lipinski definition) is 1. The fourth-order valence-corrected chi connectivity index (χ4v) is 1.95. The van der Waals surface area contributed by atoms with E-state index in [0.29, 0.717) is 11.5 Å². The van der Waals surface area contributed by atoms with Crippen molar-refractivity contribution in [2.45, 2.75) is 33.3 Å². The zero-order valence-electron chi connectivity index (χ0n) is 10.8. The van der Waals surface area contributed by atoms with Crippen molar-refractivity contribution in [2.24, 2.45) is 0 Å². The van der Waals surface area contributed by atoms with Crippen molar-refractivity contribution in [1.29, 1.82) is 0 Å².